The third kappa shape index (κ3) is 10.6. The van der Waals surface area contributed by atoms with Crippen LogP contribution in [-0.2, 0) is 9.59 Å². The third-order valence-electron chi connectivity index (χ3n) is 0.539. The quantitative estimate of drug-likeness (QED) is 0.506. The van der Waals surface area contributed by atoms with Crippen molar-refractivity contribution < 1.29 is 19.8 Å². The van der Waals surface area contributed by atoms with Crippen molar-refractivity contribution in [2.24, 2.45) is 0 Å². The number of carbonyl (C=O) groups is 2. The average Bonchev–Trinajstić information content (AvgIpc) is 1.63. The van der Waals surface area contributed by atoms with Crippen molar-refractivity contribution in [2.45, 2.75) is 0 Å². The molecule has 0 aromatic heterocycles. The summed E-state index contributed by atoms with van der Waals surface area (Å²) >= 11 is 0. The van der Waals surface area contributed by atoms with Crippen LogP contribution in [0.25, 0.3) is 0 Å². The number of hydrogen-bond donors (Lipinski definition) is 1. The van der Waals surface area contributed by atoms with Crippen LogP contribution in [0, 0.1) is 0 Å². The summed E-state index contributed by atoms with van der Waals surface area (Å²) in [5, 5.41) is 21.2. The van der Waals surface area contributed by atoms with E-state index in [9.17, 15) is 19.8 Å². The molecule has 6 heteroatoms. The fourth-order valence-electron chi connectivity index (χ4n) is 0.267. The zero-order chi connectivity index (χ0) is 7.28. The molecular formula is C4H7NO4Sn. The monoisotopic (exact) mass is 253 g/mol. The van der Waals surface area contributed by atoms with Gasteiger partial charge in [0.1, 0.15) is 0 Å². The van der Waals surface area contributed by atoms with Gasteiger partial charge in [-0.25, -0.2) is 0 Å². The molecular weight excluding hydrogens is 245 g/mol. The maximum absolute atomic E-state index is 9.59. The van der Waals surface area contributed by atoms with Gasteiger partial charge >= 0.3 is 23.9 Å². The second-order valence-electron chi connectivity index (χ2n) is 1.35. The Labute approximate surface area is 74.4 Å². The molecule has 5 nitrogen and oxygen atoms in total. The van der Waals surface area contributed by atoms with Gasteiger partial charge in [0, 0.05) is 13.1 Å². The Kier molecular flexibility index (Phi) is 8.44. The van der Waals surface area contributed by atoms with Gasteiger partial charge < -0.3 is 25.1 Å². The third-order valence-corrected chi connectivity index (χ3v) is 0.539. The number of rotatable bonds is 4. The Bertz CT molecular complexity index is 112. The number of carboxylic acids is 2. The van der Waals surface area contributed by atoms with Crippen molar-refractivity contribution in [3.63, 3.8) is 0 Å². The molecule has 0 spiro atoms. The zero-order valence-electron chi connectivity index (χ0n) is 5.25. The Morgan fingerprint density at radius 1 is 1.10 bits per heavy atom. The molecule has 0 heterocycles. The summed E-state index contributed by atoms with van der Waals surface area (Å²) in [5.74, 6) is -2.67. The molecule has 0 aliphatic rings. The summed E-state index contributed by atoms with van der Waals surface area (Å²) in [6.45, 7) is -0.929. The summed E-state index contributed by atoms with van der Waals surface area (Å²) in [6.07, 6.45) is 0. The standard InChI is InChI=1S/C4H7NO4.Sn.2H/c6-3(7)1-5-2-4(8)9;;;/h5H,1-2H2,(H,6,7)(H,8,9);;;/q;+2;;/p-2. The van der Waals surface area contributed by atoms with E-state index in [1.807, 2.05) is 0 Å². The number of nitrogens with one attached hydrogen (secondary N) is 1. The topological polar surface area (TPSA) is 92.3 Å². The predicted octanol–water partition coefficient (Wildman–Crippen LogP) is -4.84. The minimum absolute atomic E-state index is 0. The minimum atomic E-state index is -1.34. The van der Waals surface area contributed by atoms with Crippen LogP contribution in [-0.4, -0.2) is 48.9 Å². The molecule has 10 heavy (non-hydrogen) atoms. The molecule has 0 aromatic carbocycles. The molecule has 0 aromatic rings. The van der Waals surface area contributed by atoms with Crippen LogP contribution >= 0.6 is 0 Å². The van der Waals surface area contributed by atoms with Crippen LogP contribution in [0.5, 0.6) is 0 Å². The van der Waals surface area contributed by atoms with E-state index in [1.54, 1.807) is 0 Å². The maximum atomic E-state index is 9.59. The first-order valence-corrected chi connectivity index (χ1v) is 2.23. The van der Waals surface area contributed by atoms with Gasteiger partial charge in [0.05, 0.1) is 11.9 Å². The first-order valence-electron chi connectivity index (χ1n) is 2.23. The molecule has 1 N–H and O–H groups in total. The van der Waals surface area contributed by atoms with Crippen molar-refractivity contribution in [3.8, 4) is 0 Å². The average molecular weight is 252 g/mol. The first kappa shape index (κ1) is 12.4. The fraction of sp³-hybridized carbons (Fsp3) is 0.500. The van der Waals surface area contributed by atoms with E-state index >= 15 is 0 Å². The Hall–Kier alpha value is -0.301. The van der Waals surface area contributed by atoms with Gasteiger partial charge in [-0.1, -0.05) is 0 Å². The molecule has 0 fully saturated rings. The van der Waals surface area contributed by atoms with E-state index in [1.165, 1.54) is 0 Å². The summed E-state index contributed by atoms with van der Waals surface area (Å²) in [4.78, 5) is 19.2. The molecule has 56 valence electrons. The van der Waals surface area contributed by atoms with Crippen LogP contribution in [0.4, 0.5) is 0 Å². The molecule has 0 aliphatic carbocycles. The van der Waals surface area contributed by atoms with E-state index in [0.717, 1.165) is 0 Å². The van der Waals surface area contributed by atoms with Crippen LogP contribution in [0.1, 0.15) is 0 Å². The fourth-order valence-corrected chi connectivity index (χ4v) is 0.267. The summed E-state index contributed by atoms with van der Waals surface area (Å²) in [7, 11) is 0. The molecule has 0 rings (SSSR count). The van der Waals surface area contributed by atoms with Gasteiger partial charge in [-0.15, -0.1) is 0 Å². The normalized spacial score (nSPS) is 8.00. The van der Waals surface area contributed by atoms with Crippen molar-refractivity contribution in [1.29, 1.82) is 0 Å². The van der Waals surface area contributed by atoms with Crippen LogP contribution in [0.3, 0.4) is 0 Å². The summed E-state index contributed by atoms with van der Waals surface area (Å²) < 4.78 is 0. The van der Waals surface area contributed by atoms with Gasteiger partial charge in [-0.2, -0.15) is 0 Å². The zero-order valence-corrected chi connectivity index (χ0v) is 9.29. The van der Waals surface area contributed by atoms with Gasteiger partial charge in [-0.3, -0.25) is 0 Å². The number of carboxylic acid groups (broad SMARTS) is 2. The summed E-state index contributed by atoms with van der Waals surface area (Å²) in [5.41, 5.74) is 0. The molecule has 0 saturated carbocycles. The van der Waals surface area contributed by atoms with Crippen molar-refractivity contribution >= 4 is 35.8 Å². The van der Waals surface area contributed by atoms with E-state index in [-0.39, 0.29) is 23.9 Å². The Morgan fingerprint density at radius 2 is 1.40 bits per heavy atom. The molecule has 0 unspecified atom stereocenters. The molecule has 0 bridgehead atoms. The van der Waals surface area contributed by atoms with Crippen molar-refractivity contribution in [2.75, 3.05) is 13.1 Å². The number of hydrogen-bond acceptors (Lipinski definition) is 5. The molecule has 0 aliphatic heterocycles. The second kappa shape index (κ2) is 6.81. The number of aliphatic carboxylic acids is 2. The van der Waals surface area contributed by atoms with E-state index in [2.05, 4.69) is 5.32 Å². The van der Waals surface area contributed by atoms with Gasteiger partial charge in [-0.05, 0) is 0 Å². The molecule has 0 radical (unpaired) electrons. The van der Waals surface area contributed by atoms with Gasteiger partial charge in [0.2, 0.25) is 0 Å². The number of carbonyl (C=O) groups excluding carboxylic acids is 2. The predicted molar refractivity (Wildman–Crippen MR) is 31.4 cm³/mol. The van der Waals surface area contributed by atoms with E-state index in [4.69, 9.17) is 0 Å². The Morgan fingerprint density at radius 3 is 1.60 bits per heavy atom. The van der Waals surface area contributed by atoms with Gasteiger partial charge in [0.25, 0.3) is 0 Å². The molecule has 0 saturated heterocycles. The van der Waals surface area contributed by atoms with E-state index < -0.39 is 25.0 Å². The first-order chi connectivity index (χ1) is 4.13. The Balaban J connectivity index is 0. The van der Waals surface area contributed by atoms with Crippen LogP contribution in [0.15, 0.2) is 0 Å². The van der Waals surface area contributed by atoms with Crippen LogP contribution < -0.4 is 15.5 Å². The van der Waals surface area contributed by atoms with Crippen LogP contribution in [0.2, 0.25) is 0 Å². The molecule has 0 amide bonds. The summed E-state index contributed by atoms with van der Waals surface area (Å²) in [6, 6.07) is 0. The van der Waals surface area contributed by atoms with Gasteiger partial charge in [0.15, 0.2) is 0 Å². The molecule has 0 atom stereocenters. The van der Waals surface area contributed by atoms with Crippen molar-refractivity contribution in [1.82, 2.24) is 5.32 Å². The van der Waals surface area contributed by atoms with Crippen molar-refractivity contribution in [3.05, 3.63) is 0 Å². The second-order valence-corrected chi connectivity index (χ2v) is 1.35. The SMILES string of the molecule is O=C([O-])CNCC(=O)[O-].[SnH2+2]. The van der Waals surface area contributed by atoms with E-state index in [0.29, 0.717) is 0 Å².